The Morgan fingerprint density at radius 3 is 2.16 bits per heavy atom. The minimum Gasteiger partial charge on any atom is -0.457 e. The van der Waals surface area contributed by atoms with Crippen molar-refractivity contribution in [2.45, 2.75) is 25.3 Å². The lowest BCUT2D eigenvalue weighted by Gasteiger charge is -2.19. The minimum absolute atomic E-state index is 0.0660. The predicted octanol–water partition coefficient (Wildman–Crippen LogP) is 4.44. The molecule has 0 aliphatic heterocycles. The largest absolute Gasteiger partial charge is 0.457 e. The van der Waals surface area contributed by atoms with Gasteiger partial charge in [-0.2, -0.15) is 0 Å². The maximum atomic E-state index is 12.7. The van der Waals surface area contributed by atoms with Crippen LogP contribution in [0.25, 0.3) is 0 Å². The van der Waals surface area contributed by atoms with Crippen LogP contribution in [0.15, 0.2) is 83.8 Å². The predicted molar refractivity (Wildman–Crippen MR) is 121 cm³/mol. The maximum absolute atomic E-state index is 12.7. The van der Waals surface area contributed by atoms with Crippen LogP contribution in [0, 0.1) is 0 Å². The standard InChI is InChI=1S/C24H26N2O4S/c1-3-26(4-2)24(27)20-10-8-9-19(17-20)18-25-31(28,29)23-15-13-22(14-16-23)30-21-11-6-5-7-12-21/h5-17,25H,3-4,18H2,1-2H3. The molecule has 1 amide bonds. The van der Waals surface area contributed by atoms with Crippen LogP contribution in [0.1, 0.15) is 29.8 Å². The van der Waals surface area contributed by atoms with Crippen molar-refractivity contribution < 1.29 is 17.9 Å². The molecule has 0 aromatic heterocycles. The molecule has 0 aliphatic rings. The highest BCUT2D eigenvalue weighted by molar-refractivity contribution is 7.89. The quantitative estimate of drug-likeness (QED) is 0.536. The Morgan fingerprint density at radius 1 is 0.871 bits per heavy atom. The van der Waals surface area contributed by atoms with Crippen molar-refractivity contribution in [2.24, 2.45) is 0 Å². The number of ether oxygens (including phenoxy) is 1. The Labute approximate surface area is 183 Å². The molecule has 0 bridgehead atoms. The number of sulfonamides is 1. The number of rotatable bonds is 9. The first-order chi connectivity index (χ1) is 14.9. The summed E-state index contributed by atoms with van der Waals surface area (Å²) in [6, 6.07) is 22.5. The first-order valence-corrected chi connectivity index (χ1v) is 11.6. The van der Waals surface area contributed by atoms with E-state index in [-0.39, 0.29) is 17.3 Å². The SMILES string of the molecule is CCN(CC)C(=O)c1cccc(CNS(=O)(=O)c2ccc(Oc3ccccc3)cc2)c1. The van der Waals surface area contributed by atoms with Gasteiger partial charge in [-0.05, 0) is 67.9 Å². The molecule has 0 spiro atoms. The van der Waals surface area contributed by atoms with Crippen LogP contribution in [-0.2, 0) is 16.6 Å². The van der Waals surface area contributed by atoms with Gasteiger partial charge in [0.1, 0.15) is 11.5 Å². The zero-order valence-corrected chi connectivity index (χ0v) is 18.4. The van der Waals surface area contributed by atoms with Gasteiger partial charge in [0.05, 0.1) is 4.90 Å². The van der Waals surface area contributed by atoms with E-state index in [9.17, 15) is 13.2 Å². The van der Waals surface area contributed by atoms with E-state index in [1.165, 1.54) is 12.1 Å². The van der Waals surface area contributed by atoms with Crippen molar-refractivity contribution in [1.29, 1.82) is 0 Å². The first-order valence-electron chi connectivity index (χ1n) is 10.1. The van der Waals surface area contributed by atoms with Gasteiger partial charge in [-0.3, -0.25) is 4.79 Å². The van der Waals surface area contributed by atoms with E-state index in [0.717, 1.165) is 0 Å². The normalized spacial score (nSPS) is 11.2. The summed E-state index contributed by atoms with van der Waals surface area (Å²) in [6.07, 6.45) is 0. The summed E-state index contributed by atoms with van der Waals surface area (Å²) >= 11 is 0. The van der Waals surface area contributed by atoms with Crippen LogP contribution in [0.5, 0.6) is 11.5 Å². The molecular weight excluding hydrogens is 412 g/mol. The minimum atomic E-state index is -3.71. The fourth-order valence-electron chi connectivity index (χ4n) is 3.08. The molecule has 0 aliphatic carbocycles. The van der Waals surface area contributed by atoms with Gasteiger partial charge in [0.25, 0.3) is 5.91 Å². The van der Waals surface area contributed by atoms with Gasteiger partial charge in [0.2, 0.25) is 10.0 Å². The third-order valence-electron chi connectivity index (χ3n) is 4.80. The number of carbonyl (C=O) groups excluding carboxylic acids is 1. The maximum Gasteiger partial charge on any atom is 0.253 e. The van der Waals surface area contributed by atoms with Gasteiger partial charge in [-0.1, -0.05) is 30.3 Å². The number of hydrogen-bond acceptors (Lipinski definition) is 4. The third-order valence-corrected chi connectivity index (χ3v) is 6.22. The van der Waals surface area contributed by atoms with Crippen molar-refractivity contribution in [2.75, 3.05) is 13.1 Å². The second-order valence-electron chi connectivity index (χ2n) is 6.89. The van der Waals surface area contributed by atoms with Crippen LogP contribution in [-0.4, -0.2) is 32.3 Å². The van der Waals surface area contributed by atoms with E-state index in [4.69, 9.17) is 4.74 Å². The molecule has 3 aromatic rings. The topological polar surface area (TPSA) is 75.7 Å². The van der Waals surface area contributed by atoms with Crippen molar-refractivity contribution in [3.63, 3.8) is 0 Å². The molecule has 0 unspecified atom stereocenters. The summed E-state index contributed by atoms with van der Waals surface area (Å²) in [4.78, 5) is 14.4. The Hall–Kier alpha value is -3.16. The van der Waals surface area contributed by atoms with Crippen LogP contribution in [0.3, 0.4) is 0 Å². The molecule has 0 fully saturated rings. The molecule has 162 valence electrons. The van der Waals surface area contributed by atoms with Gasteiger partial charge in [0, 0.05) is 25.2 Å². The van der Waals surface area contributed by atoms with Gasteiger partial charge < -0.3 is 9.64 Å². The van der Waals surface area contributed by atoms with Gasteiger partial charge >= 0.3 is 0 Å². The zero-order valence-electron chi connectivity index (χ0n) is 17.6. The number of hydrogen-bond donors (Lipinski definition) is 1. The first kappa shape index (κ1) is 22.5. The molecule has 1 N–H and O–H groups in total. The highest BCUT2D eigenvalue weighted by Crippen LogP contribution is 2.22. The van der Waals surface area contributed by atoms with Crippen LogP contribution >= 0.6 is 0 Å². The average molecular weight is 439 g/mol. The molecule has 7 heteroatoms. The van der Waals surface area contributed by atoms with E-state index in [2.05, 4.69) is 4.72 Å². The lowest BCUT2D eigenvalue weighted by Crippen LogP contribution is -2.30. The van der Waals surface area contributed by atoms with Crippen molar-refractivity contribution in [1.82, 2.24) is 9.62 Å². The van der Waals surface area contributed by atoms with E-state index in [1.807, 2.05) is 44.2 Å². The molecular formula is C24H26N2O4S. The number of nitrogens with one attached hydrogen (secondary N) is 1. The van der Waals surface area contributed by atoms with Gasteiger partial charge in [-0.25, -0.2) is 13.1 Å². The Bertz CT molecular complexity index is 1110. The Balaban J connectivity index is 1.66. The fraction of sp³-hybridized carbons (Fsp3) is 0.208. The molecule has 3 aromatic carbocycles. The summed E-state index contributed by atoms with van der Waals surface area (Å²) in [6.45, 7) is 5.18. The fourth-order valence-corrected chi connectivity index (χ4v) is 4.10. The van der Waals surface area contributed by atoms with Crippen molar-refractivity contribution in [3.8, 4) is 11.5 Å². The average Bonchev–Trinajstić information content (AvgIpc) is 2.80. The summed E-state index contributed by atoms with van der Waals surface area (Å²) < 4.78 is 33.6. The highest BCUT2D eigenvalue weighted by Gasteiger charge is 2.16. The van der Waals surface area contributed by atoms with Crippen LogP contribution in [0.4, 0.5) is 0 Å². The second-order valence-corrected chi connectivity index (χ2v) is 8.66. The zero-order chi connectivity index (χ0) is 22.3. The molecule has 6 nitrogen and oxygen atoms in total. The number of carbonyl (C=O) groups is 1. The van der Waals surface area contributed by atoms with Gasteiger partial charge in [-0.15, -0.1) is 0 Å². The molecule has 3 rings (SSSR count). The van der Waals surface area contributed by atoms with Gasteiger partial charge in [0.15, 0.2) is 0 Å². The summed E-state index contributed by atoms with van der Waals surface area (Å²) in [7, 11) is -3.71. The number of nitrogens with zero attached hydrogens (tertiary/aromatic N) is 1. The molecule has 31 heavy (non-hydrogen) atoms. The highest BCUT2D eigenvalue weighted by atomic mass is 32.2. The Kier molecular flexibility index (Phi) is 7.44. The number of para-hydroxylation sites is 1. The van der Waals surface area contributed by atoms with Crippen LogP contribution in [0.2, 0.25) is 0 Å². The van der Waals surface area contributed by atoms with E-state index >= 15 is 0 Å². The Morgan fingerprint density at radius 2 is 1.52 bits per heavy atom. The van der Waals surface area contributed by atoms with E-state index in [1.54, 1.807) is 41.3 Å². The van der Waals surface area contributed by atoms with E-state index < -0.39 is 10.0 Å². The van der Waals surface area contributed by atoms with Crippen LogP contribution < -0.4 is 9.46 Å². The molecule has 0 saturated heterocycles. The summed E-state index contributed by atoms with van der Waals surface area (Å²) in [5, 5.41) is 0. The molecule has 0 saturated carbocycles. The molecule has 0 heterocycles. The molecule has 0 atom stereocenters. The third kappa shape index (κ3) is 5.93. The smallest absolute Gasteiger partial charge is 0.253 e. The number of amides is 1. The number of benzene rings is 3. The molecule has 0 radical (unpaired) electrons. The lowest BCUT2D eigenvalue weighted by molar-refractivity contribution is 0.0773. The van der Waals surface area contributed by atoms with Crippen molar-refractivity contribution in [3.05, 3.63) is 90.0 Å². The summed E-state index contributed by atoms with van der Waals surface area (Å²) in [5.74, 6) is 1.16. The second kappa shape index (κ2) is 10.2. The van der Waals surface area contributed by atoms with E-state index in [0.29, 0.717) is 35.7 Å². The monoisotopic (exact) mass is 438 g/mol. The van der Waals surface area contributed by atoms with Crippen molar-refractivity contribution >= 4 is 15.9 Å². The lowest BCUT2D eigenvalue weighted by atomic mass is 10.1. The summed E-state index contributed by atoms with van der Waals surface area (Å²) in [5.41, 5.74) is 1.26.